The SMILES string of the molecule is CCOC(C(=O)Cc1c(Br)c(C)nn1CC)C1CC1. The van der Waals surface area contributed by atoms with E-state index < -0.39 is 0 Å². The van der Waals surface area contributed by atoms with Crippen molar-refractivity contribution in [2.75, 3.05) is 6.61 Å². The number of Topliss-reactive ketones (excluding diaryl/α,β-unsaturated/α-hetero) is 1. The Kier molecular flexibility index (Phi) is 4.79. The smallest absolute Gasteiger partial charge is 0.167 e. The summed E-state index contributed by atoms with van der Waals surface area (Å²) in [7, 11) is 0. The molecule has 106 valence electrons. The number of carbonyl (C=O) groups excluding carboxylic acids is 1. The van der Waals surface area contributed by atoms with Crippen LogP contribution in [0.2, 0.25) is 0 Å². The van der Waals surface area contributed by atoms with Crippen molar-refractivity contribution < 1.29 is 9.53 Å². The van der Waals surface area contributed by atoms with Crippen LogP contribution in [0.4, 0.5) is 0 Å². The normalized spacial score (nSPS) is 16.6. The Labute approximate surface area is 122 Å². The van der Waals surface area contributed by atoms with Gasteiger partial charge in [0.1, 0.15) is 6.10 Å². The van der Waals surface area contributed by atoms with Gasteiger partial charge in [0.15, 0.2) is 5.78 Å². The Balaban J connectivity index is 2.13. The molecule has 0 bridgehead atoms. The molecule has 1 heterocycles. The molecule has 19 heavy (non-hydrogen) atoms. The zero-order valence-electron chi connectivity index (χ0n) is 11.8. The van der Waals surface area contributed by atoms with Gasteiger partial charge < -0.3 is 4.74 Å². The van der Waals surface area contributed by atoms with E-state index in [0.717, 1.165) is 35.2 Å². The second kappa shape index (κ2) is 6.18. The Bertz CT molecular complexity index is 466. The zero-order chi connectivity index (χ0) is 14.0. The summed E-state index contributed by atoms with van der Waals surface area (Å²) in [5.41, 5.74) is 1.90. The van der Waals surface area contributed by atoms with E-state index in [1.165, 1.54) is 0 Å². The summed E-state index contributed by atoms with van der Waals surface area (Å²) in [6, 6.07) is 0. The minimum Gasteiger partial charge on any atom is -0.370 e. The van der Waals surface area contributed by atoms with Crippen LogP contribution in [0.5, 0.6) is 0 Å². The molecular weight excluding hydrogens is 308 g/mol. The summed E-state index contributed by atoms with van der Waals surface area (Å²) < 4.78 is 8.47. The lowest BCUT2D eigenvalue weighted by atomic mass is 10.1. The van der Waals surface area contributed by atoms with Crippen LogP contribution in [-0.4, -0.2) is 28.3 Å². The lowest BCUT2D eigenvalue weighted by molar-refractivity contribution is -0.131. The molecule has 1 aromatic heterocycles. The zero-order valence-corrected chi connectivity index (χ0v) is 13.4. The lowest BCUT2D eigenvalue weighted by Gasteiger charge is -2.15. The number of ketones is 1. The number of hydrogen-bond acceptors (Lipinski definition) is 3. The van der Waals surface area contributed by atoms with Gasteiger partial charge in [-0.15, -0.1) is 0 Å². The van der Waals surface area contributed by atoms with E-state index in [-0.39, 0.29) is 11.9 Å². The Hall–Kier alpha value is -0.680. The number of rotatable bonds is 7. The molecule has 0 spiro atoms. The predicted molar refractivity (Wildman–Crippen MR) is 77.2 cm³/mol. The molecule has 5 heteroatoms. The minimum atomic E-state index is -0.225. The van der Waals surface area contributed by atoms with Crippen molar-refractivity contribution in [1.82, 2.24) is 9.78 Å². The van der Waals surface area contributed by atoms with Crippen molar-refractivity contribution in [1.29, 1.82) is 0 Å². The number of aryl methyl sites for hydroxylation is 2. The first kappa shape index (κ1) is 14.7. The van der Waals surface area contributed by atoms with Crippen molar-refractivity contribution in [3.63, 3.8) is 0 Å². The van der Waals surface area contributed by atoms with Gasteiger partial charge in [-0.2, -0.15) is 5.10 Å². The molecule has 1 atom stereocenters. The summed E-state index contributed by atoms with van der Waals surface area (Å²) in [5, 5.41) is 4.42. The largest absolute Gasteiger partial charge is 0.370 e. The van der Waals surface area contributed by atoms with Crippen molar-refractivity contribution in [3.8, 4) is 0 Å². The Morgan fingerprint density at radius 1 is 1.53 bits per heavy atom. The number of ether oxygens (including phenoxy) is 1. The van der Waals surface area contributed by atoms with Crippen molar-refractivity contribution in [3.05, 3.63) is 15.9 Å². The van der Waals surface area contributed by atoms with E-state index in [1.807, 2.05) is 25.5 Å². The molecule has 0 aliphatic heterocycles. The summed E-state index contributed by atoms with van der Waals surface area (Å²) >= 11 is 3.53. The van der Waals surface area contributed by atoms with E-state index in [0.29, 0.717) is 18.9 Å². The minimum absolute atomic E-state index is 0.180. The highest BCUT2D eigenvalue weighted by atomic mass is 79.9. The van der Waals surface area contributed by atoms with Crippen molar-refractivity contribution in [2.24, 2.45) is 5.92 Å². The molecule has 0 radical (unpaired) electrons. The monoisotopic (exact) mass is 328 g/mol. The van der Waals surface area contributed by atoms with E-state index in [4.69, 9.17) is 4.74 Å². The molecule has 1 aliphatic rings. The van der Waals surface area contributed by atoms with Crippen LogP contribution in [-0.2, 0) is 22.5 Å². The van der Waals surface area contributed by atoms with Crippen LogP contribution in [0.3, 0.4) is 0 Å². The number of halogens is 1. The molecule has 0 saturated heterocycles. The van der Waals surface area contributed by atoms with Gasteiger partial charge in [0, 0.05) is 13.2 Å². The average molecular weight is 329 g/mol. The van der Waals surface area contributed by atoms with E-state index >= 15 is 0 Å². The maximum Gasteiger partial charge on any atom is 0.167 e. The highest BCUT2D eigenvalue weighted by molar-refractivity contribution is 9.10. The van der Waals surface area contributed by atoms with Crippen LogP contribution in [0, 0.1) is 12.8 Å². The van der Waals surface area contributed by atoms with E-state index in [2.05, 4.69) is 21.0 Å². The molecule has 1 fully saturated rings. The standard InChI is InChI=1S/C14H21BrN2O2/c1-4-17-11(13(15)9(3)16-17)8-12(18)14(19-5-2)10-6-7-10/h10,14H,4-8H2,1-3H3. The van der Waals surface area contributed by atoms with E-state index in [9.17, 15) is 4.79 Å². The summed E-state index contributed by atoms with van der Waals surface area (Å²) in [5.74, 6) is 0.616. The highest BCUT2D eigenvalue weighted by Crippen LogP contribution is 2.35. The van der Waals surface area contributed by atoms with Crippen LogP contribution >= 0.6 is 15.9 Å². The highest BCUT2D eigenvalue weighted by Gasteiger charge is 2.37. The summed E-state index contributed by atoms with van der Waals surface area (Å²) in [4.78, 5) is 12.4. The van der Waals surface area contributed by atoms with Gasteiger partial charge in [-0.1, -0.05) is 0 Å². The third kappa shape index (κ3) is 3.26. The van der Waals surface area contributed by atoms with Crippen LogP contribution < -0.4 is 0 Å². The second-order valence-corrected chi connectivity index (χ2v) is 5.81. The van der Waals surface area contributed by atoms with Crippen LogP contribution in [0.25, 0.3) is 0 Å². The van der Waals surface area contributed by atoms with Crippen LogP contribution in [0.15, 0.2) is 4.47 Å². The average Bonchev–Trinajstić information content (AvgIpc) is 3.18. The number of nitrogens with zero attached hydrogens (tertiary/aromatic N) is 2. The fourth-order valence-corrected chi connectivity index (χ4v) is 2.80. The molecule has 0 N–H and O–H groups in total. The number of aromatic nitrogens is 2. The quantitative estimate of drug-likeness (QED) is 0.773. The first-order valence-corrected chi connectivity index (χ1v) is 7.73. The Morgan fingerprint density at radius 3 is 2.74 bits per heavy atom. The van der Waals surface area contributed by atoms with Gasteiger partial charge >= 0.3 is 0 Å². The molecule has 0 amide bonds. The van der Waals surface area contributed by atoms with E-state index in [1.54, 1.807) is 0 Å². The molecule has 1 aliphatic carbocycles. The fourth-order valence-electron chi connectivity index (χ4n) is 2.37. The molecule has 1 unspecified atom stereocenters. The van der Waals surface area contributed by atoms with Gasteiger partial charge in [0.25, 0.3) is 0 Å². The molecule has 2 rings (SSSR count). The molecule has 4 nitrogen and oxygen atoms in total. The third-order valence-corrected chi connectivity index (χ3v) is 4.54. The topological polar surface area (TPSA) is 44.1 Å². The first-order valence-electron chi connectivity index (χ1n) is 6.94. The fraction of sp³-hybridized carbons (Fsp3) is 0.714. The van der Waals surface area contributed by atoms with Gasteiger partial charge in [0.2, 0.25) is 0 Å². The lowest BCUT2D eigenvalue weighted by Crippen LogP contribution is -2.29. The maximum atomic E-state index is 12.4. The van der Waals surface area contributed by atoms with Gasteiger partial charge in [0.05, 0.1) is 22.3 Å². The summed E-state index contributed by atoms with van der Waals surface area (Å²) in [6.07, 6.45) is 2.40. The Morgan fingerprint density at radius 2 is 2.21 bits per heavy atom. The van der Waals surface area contributed by atoms with Gasteiger partial charge in [-0.25, -0.2) is 0 Å². The second-order valence-electron chi connectivity index (χ2n) is 5.02. The van der Waals surface area contributed by atoms with Crippen molar-refractivity contribution in [2.45, 2.75) is 52.7 Å². The number of carbonyl (C=O) groups is 1. The number of hydrogen-bond donors (Lipinski definition) is 0. The molecule has 1 aromatic rings. The van der Waals surface area contributed by atoms with Gasteiger partial charge in [-0.05, 0) is 55.5 Å². The molecule has 0 aromatic carbocycles. The van der Waals surface area contributed by atoms with Crippen LogP contribution in [0.1, 0.15) is 38.1 Å². The molecule has 1 saturated carbocycles. The maximum absolute atomic E-state index is 12.4. The third-order valence-electron chi connectivity index (χ3n) is 3.51. The predicted octanol–water partition coefficient (Wildman–Crippen LogP) is 2.90. The summed E-state index contributed by atoms with van der Waals surface area (Å²) in [6.45, 7) is 7.30. The molecular formula is C14H21BrN2O2. The first-order chi connectivity index (χ1) is 9.08. The van der Waals surface area contributed by atoms with Gasteiger partial charge in [-0.3, -0.25) is 9.48 Å². The van der Waals surface area contributed by atoms with Crippen molar-refractivity contribution >= 4 is 21.7 Å².